The highest BCUT2D eigenvalue weighted by Gasteiger charge is 2.18. The third-order valence-corrected chi connectivity index (χ3v) is 6.29. The number of para-hydroxylation sites is 2. The van der Waals surface area contributed by atoms with E-state index in [1.807, 2.05) is 43.3 Å². The Bertz CT molecular complexity index is 974. The SMILES string of the molecule is COc1ccccc1NC(=O)[C@H](C)Sc1nnc(Nc2cccc(C)c2C)s1. The van der Waals surface area contributed by atoms with E-state index in [0.29, 0.717) is 16.6 Å². The fourth-order valence-electron chi connectivity index (χ4n) is 2.50. The maximum Gasteiger partial charge on any atom is 0.237 e. The minimum atomic E-state index is -0.327. The maximum absolute atomic E-state index is 12.5. The molecule has 1 aromatic heterocycles. The fourth-order valence-corrected chi connectivity index (χ4v) is 4.40. The number of hydrogen-bond acceptors (Lipinski definition) is 7. The fraction of sp³-hybridized carbons (Fsp3) is 0.250. The van der Waals surface area contributed by atoms with Crippen LogP contribution in [0.1, 0.15) is 18.1 Å². The maximum atomic E-state index is 12.5. The highest BCUT2D eigenvalue weighted by Crippen LogP contribution is 2.32. The smallest absolute Gasteiger partial charge is 0.237 e. The van der Waals surface area contributed by atoms with Crippen molar-refractivity contribution in [3.8, 4) is 5.75 Å². The number of hydrogen-bond donors (Lipinski definition) is 2. The van der Waals surface area contributed by atoms with Crippen LogP contribution in [0.2, 0.25) is 0 Å². The molecule has 3 rings (SSSR count). The topological polar surface area (TPSA) is 76.1 Å². The molecule has 1 atom stereocenters. The molecule has 1 amide bonds. The molecule has 3 aromatic rings. The number of rotatable bonds is 7. The van der Waals surface area contributed by atoms with Crippen LogP contribution in [0.25, 0.3) is 0 Å². The van der Waals surface area contributed by atoms with Gasteiger partial charge in [0.2, 0.25) is 11.0 Å². The van der Waals surface area contributed by atoms with Gasteiger partial charge < -0.3 is 15.4 Å². The van der Waals surface area contributed by atoms with E-state index in [2.05, 4.69) is 40.7 Å². The lowest BCUT2D eigenvalue weighted by Gasteiger charge is -2.12. The number of aromatic nitrogens is 2. The lowest BCUT2D eigenvalue weighted by Crippen LogP contribution is -2.22. The van der Waals surface area contributed by atoms with Gasteiger partial charge in [-0.05, 0) is 50.1 Å². The molecule has 6 nitrogen and oxygen atoms in total. The number of ether oxygens (including phenoxy) is 1. The van der Waals surface area contributed by atoms with Gasteiger partial charge >= 0.3 is 0 Å². The molecule has 0 saturated heterocycles. The second-order valence-electron chi connectivity index (χ2n) is 6.20. The highest BCUT2D eigenvalue weighted by molar-refractivity contribution is 8.02. The van der Waals surface area contributed by atoms with Gasteiger partial charge in [-0.25, -0.2) is 0 Å². The molecule has 0 aliphatic rings. The summed E-state index contributed by atoms with van der Waals surface area (Å²) in [6, 6.07) is 13.4. The predicted octanol–water partition coefficient (Wildman–Crippen LogP) is 5.03. The van der Waals surface area contributed by atoms with Gasteiger partial charge in [0.15, 0.2) is 4.34 Å². The van der Waals surface area contributed by atoms with Crippen LogP contribution in [0, 0.1) is 13.8 Å². The molecule has 0 saturated carbocycles. The van der Waals surface area contributed by atoms with Gasteiger partial charge in [-0.3, -0.25) is 4.79 Å². The van der Waals surface area contributed by atoms with Crippen LogP contribution in [0.5, 0.6) is 5.75 Å². The number of aryl methyl sites for hydroxylation is 1. The van der Waals surface area contributed by atoms with Crippen molar-refractivity contribution >= 4 is 45.5 Å². The number of amides is 1. The Labute approximate surface area is 172 Å². The summed E-state index contributed by atoms with van der Waals surface area (Å²) in [6.07, 6.45) is 0. The van der Waals surface area contributed by atoms with Crippen molar-refractivity contribution in [1.82, 2.24) is 10.2 Å². The van der Waals surface area contributed by atoms with Crippen molar-refractivity contribution in [2.24, 2.45) is 0 Å². The van der Waals surface area contributed by atoms with Gasteiger partial charge in [-0.15, -0.1) is 10.2 Å². The van der Waals surface area contributed by atoms with Crippen molar-refractivity contribution in [3.05, 3.63) is 53.6 Å². The Morgan fingerprint density at radius 2 is 1.86 bits per heavy atom. The van der Waals surface area contributed by atoms with Crippen LogP contribution in [0.15, 0.2) is 46.8 Å². The predicted molar refractivity (Wildman–Crippen MR) is 116 cm³/mol. The number of benzene rings is 2. The Balaban J connectivity index is 1.62. The van der Waals surface area contributed by atoms with E-state index >= 15 is 0 Å². The van der Waals surface area contributed by atoms with Crippen LogP contribution in [0.4, 0.5) is 16.5 Å². The first-order valence-corrected chi connectivity index (χ1v) is 10.4. The Hall–Kier alpha value is -2.58. The van der Waals surface area contributed by atoms with E-state index < -0.39 is 0 Å². The lowest BCUT2D eigenvalue weighted by molar-refractivity contribution is -0.115. The van der Waals surface area contributed by atoms with Gasteiger partial charge in [0.25, 0.3) is 0 Å². The summed E-state index contributed by atoms with van der Waals surface area (Å²) >= 11 is 2.80. The van der Waals surface area contributed by atoms with E-state index in [1.54, 1.807) is 7.11 Å². The van der Waals surface area contributed by atoms with Crippen molar-refractivity contribution in [2.75, 3.05) is 17.7 Å². The lowest BCUT2D eigenvalue weighted by atomic mass is 10.1. The first kappa shape index (κ1) is 20.2. The normalized spacial score (nSPS) is 11.7. The zero-order valence-electron chi connectivity index (χ0n) is 16.1. The second-order valence-corrected chi connectivity index (χ2v) is 8.76. The number of nitrogens with zero attached hydrogens (tertiary/aromatic N) is 2. The van der Waals surface area contributed by atoms with E-state index in [0.717, 1.165) is 10.0 Å². The number of carbonyl (C=O) groups excluding carboxylic acids is 1. The van der Waals surface area contributed by atoms with Gasteiger partial charge in [0, 0.05) is 5.69 Å². The summed E-state index contributed by atoms with van der Waals surface area (Å²) in [4.78, 5) is 12.5. The monoisotopic (exact) mass is 414 g/mol. The standard InChI is InChI=1S/C20H22N4O2S2/c1-12-8-7-10-15(13(12)2)22-19-23-24-20(28-19)27-14(3)18(25)21-16-9-5-6-11-17(16)26-4/h5-11,14H,1-4H3,(H,21,25)(H,22,23)/t14-/m0/s1. The van der Waals surface area contributed by atoms with E-state index in [-0.39, 0.29) is 11.2 Å². The molecule has 2 aromatic carbocycles. The quantitative estimate of drug-likeness (QED) is 0.528. The van der Waals surface area contributed by atoms with Crippen molar-refractivity contribution in [2.45, 2.75) is 30.4 Å². The molecule has 1 heterocycles. The van der Waals surface area contributed by atoms with Crippen molar-refractivity contribution in [3.63, 3.8) is 0 Å². The van der Waals surface area contributed by atoms with Crippen LogP contribution in [0.3, 0.4) is 0 Å². The molecule has 0 bridgehead atoms. The van der Waals surface area contributed by atoms with E-state index in [9.17, 15) is 4.79 Å². The molecular formula is C20H22N4O2S2. The van der Waals surface area contributed by atoms with Gasteiger partial charge in [0.1, 0.15) is 5.75 Å². The molecule has 2 N–H and O–H groups in total. The third kappa shape index (κ3) is 4.82. The molecule has 0 spiro atoms. The number of thioether (sulfide) groups is 1. The van der Waals surface area contributed by atoms with Crippen LogP contribution in [-0.4, -0.2) is 28.5 Å². The van der Waals surface area contributed by atoms with Gasteiger partial charge in [0.05, 0.1) is 18.0 Å². The number of anilines is 3. The summed E-state index contributed by atoms with van der Waals surface area (Å²) in [6.45, 7) is 5.98. The first-order valence-electron chi connectivity index (χ1n) is 8.75. The molecule has 28 heavy (non-hydrogen) atoms. The number of methoxy groups -OCH3 is 1. The summed E-state index contributed by atoms with van der Waals surface area (Å²) in [5, 5.41) is 15.0. The average Bonchev–Trinajstić information content (AvgIpc) is 3.12. The average molecular weight is 415 g/mol. The number of nitrogens with one attached hydrogen (secondary N) is 2. The van der Waals surface area contributed by atoms with Gasteiger partial charge in [-0.1, -0.05) is 47.4 Å². The highest BCUT2D eigenvalue weighted by atomic mass is 32.2. The molecule has 146 valence electrons. The van der Waals surface area contributed by atoms with E-state index in [1.165, 1.54) is 34.2 Å². The Morgan fingerprint density at radius 3 is 2.64 bits per heavy atom. The van der Waals surface area contributed by atoms with Crippen molar-refractivity contribution < 1.29 is 9.53 Å². The molecule has 8 heteroatoms. The second kappa shape index (κ2) is 9.07. The molecule has 0 unspecified atom stereocenters. The summed E-state index contributed by atoms with van der Waals surface area (Å²) < 4.78 is 6.00. The van der Waals surface area contributed by atoms with Crippen LogP contribution < -0.4 is 15.4 Å². The molecule has 0 radical (unpaired) electrons. The van der Waals surface area contributed by atoms with Crippen LogP contribution >= 0.6 is 23.1 Å². The van der Waals surface area contributed by atoms with Crippen molar-refractivity contribution in [1.29, 1.82) is 0 Å². The Morgan fingerprint density at radius 1 is 1.11 bits per heavy atom. The number of carbonyl (C=O) groups is 1. The minimum absolute atomic E-state index is 0.117. The summed E-state index contributed by atoms with van der Waals surface area (Å²) in [5.41, 5.74) is 4.05. The third-order valence-electron chi connectivity index (χ3n) is 4.26. The van der Waals surface area contributed by atoms with Crippen LogP contribution in [-0.2, 0) is 4.79 Å². The largest absolute Gasteiger partial charge is 0.495 e. The first-order chi connectivity index (χ1) is 13.5. The molecule has 0 fully saturated rings. The van der Waals surface area contributed by atoms with Gasteiger partial charge in [-0.2, -0.15) is 0 Å². The zero-order valence-corrected chi connectivity index (χ0v) is 17.8. The Kier molecular flexibility index (Phi) is 6.53. The summed E-state index contributed by atoms with van der Waals surface area (Å²) in [5.74, 6) is 0.512. The molecule has 0 aliphatic carbocycles. The minimum Gasteiger partial charge on any atom is -0.495 e. The van der Waals surface area contributed by atoms with E-state index in [4.69, 9.17) is 4.74 Å². The molecular weight excluding hydrogens is 392 g/mol. The molecule has 0 aliphatic heterocycles. The summed E-state index contributed by atoms with van der Waals surface area (Å²) in [7, 11) is 1.58. The zero-order chi connectivity index (χ0) is 20.1.